The molecule has 0 spiro atoms. The zero-order chi connectivity index (χ0) is 15.6. The second-order valence-electron chi connectivity index (χ2n) is 6.66. The number of pyridine rings is 1. The van der Waals surface area contributed by atoms with Crippen molar-refractivity contribution in [2.45, 2.75) is 50.6 Å². The SMILES string of the molecule is O=C1c2ccccc2CC(c2ccncc2)N1C1CCCCC1. The van der Waals surface area contributed by atoms with Crippen LogP contribution in [0, 0.1) is 0 Å². The first-order valence-corrected chi connectivity index (χ1v) is 8.65. The van der Waals surface area contributed by atoms with Crippen molar-refractivity contribution in [1.82, 2.24) is 9.88 Å². The number of hydrogen-bond donors (Lipinski definition) is 0. The molecule has 0 saturated heterocycles. The van der Waals surface area contributed by atoms with Crippen molar-refractivity contribution in [3.63, 3.8) is 0 Å². The molecule has 4 rings (SSSR count). The van der Waals surface area contributed by atoms with E-state index in [1.54, 1.807) is 0 Å². The molecule has 1 unspecified atom stereocenters. The van der Waals surface area contributed by atoms with Gasteiger partial charge >= 0.3 is 0 Å². The van der Waals surface area contributed by atoms with Crippen molar-refractivity contribution < 1.29 is 4.79 Å². The number of carbonyl (C=O) groups is 1. The molecule has 1 atom stereocenters. The maximum absolute atomic E-state index is 13.2. The second kappa shape index (κ2) is 6.15. The van der Waals surface area contributed by atoms with Crippen LogP contribution in [-0.4, -0.2) is 21.8 Å². The monoisotopic (exact) mass is 306 g/mol. The lowest BCUT2D eigenvalue weighted by molar-refractivity contribution is 0.0473. The van der Waals surface area contributed by atoms with E-state index in [0.717, 1.165) is 24.8 Å². The molecule has 2 aliphatic rings. The van der Waals surface area contributed by atoms with Gasteiger partial charge in [-0.15, -0.1) is 0 Å². The van der Waals surface area contributed by atoms with Crippen LogP contribution in [-0.2, 0) is 6.42 Å². The summed E-state index contributed by atoms with van der Waals surface area (Å²) < 4.78 is 0. The van der Waals surface area contributed by atoms with E-state index in [-0.39, 0.29) is 11.9 Å². The van der Waals surface area contributed by atoms with Gasteiger partial charge in [0.25, 0.3) is 5.91 Å². The van der Waals surface area contributed by atoms with E-state index in [1.807, 2.05) is 30.6 Å². The summed E-state index contributed by atoms with van der Waals surface area (Å²) in [5, 5.41) is 0. The van der Waals surface area contributed by atoms with Gasteiger partial charge in [0, 0.05) is 24.0 Å². The minimum Gasteiger partial charge on any atom is -0.328 e. The topological polar surface area (TPSA) is 33.2 Å². The number of fused-ring (bicyclic) bond motifs is 1. The first kappa shape index (κ1) is 14.4. The van der Waals surface area contributed by atoms with Gasteiger partial charge in [-0.1, -0.05) is 37.5 Å². The first-order valence-electron chi connectivity index (χ1n) is 8.65. The van der Waals surface area contributed by atoms with Gasteiger partial charge in [-0.05, 0) is 48.6 Å². The molecule has 0 bridgehead atoms. The van der Waals surface area contributed by atoms with E-state index in [1.165, 1.54) is 30.4 Å². The lowest BCUT2D eigenvalue weighted by atomic mass is 9.85. The molecule has 1 aromatic heterocycles. The Labute approximate surface area is 137 Å². The number of rotatable bonds is 2. The van der Waals surface area contributed by atoms with Crippen LogP contribution in [0.2, 0.25) is 0 Å². The number of nitrogens with zero attached hydrogens (tertiary/aromatic N) is 2. The van der Waals surface area contributed by atoms with Crippen LogP contribution in [0.1, 0.15) is 59.6 Å². The highest BCUT2D eigenvalue weighted by atomic mass is 16.2. The van der Waals surface area contributed by atoms with Crippen molar-refractivity contribution >= 4 is 5.91 Å². The van der Waals surface area contributed by atoms with E-state index in [4.69, 9.17) is 0 Å². The van der Waals surface area contributed by atoms with Gasteiger partial charge in [0.1, 0.15) is 0 Å². The van der Waals surface area contributed by atoms with E-state index in [9.17, 15) is 4.79 Å². The predicted molar refractivity (Wildman–Crippen MR) is 90.2 cm³/mol. The van der Waals surface area contributed by atoms with Gasteiger partial charge in [-0.2, -0.15) is 0 Å². The van der Waals surface area contributed by atoms with Gasteiger partial charge in [0.05, 0.1) is 6.04 Å². The van der Waals surface area contributed by atoms with Crippen LogP contribution < -0.4 is 0 Å². The fraction of sp³-hybridized carbons (Fsp3) is 0.400. The van der Waals surface area contributed by atoms with Crippen molar-refractivity contribution in [2.75, 3.05) is 0 Å². The number of aromatic nitrogens is 1. The molecule has 0 N–H and O–H groups in total. The molecular weight excluding hydrogens is 284 g/mol. The minimum absolute atomic E-state index is 0.142. The Morgan fingerprint density at radius 2 is 1.70 bits per heavy atom. The molecule has 1 aliphatic carbocycles. The third kappa shape index (κ3) is 2.65. The van der Waals surface area contributed by atoms with Crippen LogP contribution in [0.3, 0.4) is 0 Å². The molecule has 2 aromatic rings. The van der Waals surface area contributed by atoms with E-state index in [2.05, 4.69) is 28.1 Å². The summed E-state index contributed by atoms with van der Waals surface area (Å²) in [7, 11) is 0. The highest BCUT2D eigenvalue weighted by Crippen LogP contribution is 2.37. The molecule has 118 valence electrons. The molecule has 23 heavy (non-hydrogen) atoms. The third-order valence-corrected chi connectivity index (χ3v) is 5.29. The van der Waals surface area contributed by atoms with Gasteiger partial charge in [-0.3, -0.25) is 9.78 Å². The second-order valence-corrected chi connectivity index (χ2v) is 6.66. The highest BCUT2D eigenvalue weighted by molar-refractivity contribution is 5.97. The number of benzene rings is 1. The van der Waals surface area contributed by atoms with Crippen LogP contribution in [0.5, 0.6) is 0 Å². The van der Waals surface area contributed by atoms with Crippen molar-refractivity contribution in [2.24, 2.45) is 0 Å². The largest absolute Gasteiger partial charge is 0.328 e. The first-order chi connectivity index (χ1) is 11.3. The Kier molecular flexibility index (Phi) is 3.86. The maximum Gasteiger partial charge on any atom is 0.254 e. The van der Waals surface area contributed by atoms with E-state index in [0.29, 0.717) is 6.04 Å². The van der Waals surface area contributed by atoms with Crippen LogP contribution in [0.4, 0.5) is 0 Å². The molecule has 2 heterocycles. The molecule has 3 nitrogen and oxygen atoms in total. The number of hydrogen-bond acceptors (Lipinski definition) is 2. The summed E-state index contributed by atoms with van der Waals surface area (Å²) in [6, 6.07) is 12.7. The van der Waals surface area contributed by atoms with Crippen LogP contribution in [0.25, 0.3) is 0 Å². The highest BCUT2D eigenvalue weighted by Gasteiger charge is 2.37. The molecule has 1 fully saturated rings. The van der Waals surface area contributed by atoms with Gasteiger partial charge < -0.3 is 4.90 Å². The fourth-order valence-electron chi connectivity index (χ4n) is 4.14. The van der Waals surface area contributed by atoms with Gasteiger partial charge in [-0.25, -0.2) is 0 Å². The summed E-state index contributed by atoms with van der Waals surface area (Å²) in [6.45, 7) is 0. The quantitative estimate of drug-likeness (QED) is 0.835. The molecule has 1 saturated carbocycles. The average Bonchev–Trinajstić information content (AvgIpc) is 2.63. The number of amides is 1. The van der Waals surface area contributed by atoms with Crippen LogP contribution in [0.15, 0.2) is 48.8 Å². The van der Waals surface area contributed by atoms with Gasteiger partial charge in [0.15, 0.2) is 0 Å². The maximum atomic E-state index is 13.2. The molecule has 0 radical (unpaired) electrons. The minimum atomic E-state index is 0.142. The Bertz CT molecular complexity index is 692. The van der Waals surface area contributed by atoms with Crippen molar-refractivity contribution in [3.05, 3.63) is 65.5 Å². The Hall–Kier alpha value is -2.16. The van der Waals surface area contributed by atoms with Crippen molar-refractivity contribution in [1.29, 1.82) is 0 Å². The van der Waals surface area contributed by atoms with Crippen LogP contribution >= 0.6 is 0 Å². The molecule has 1 aromatic carbocycles. The Balaban J connectivity index is 1.76. The van der Waals surface area contributed by atoms with E-state index < -0.39 is 0 Å². The smallest absolute Gasteiger partial charge is 0.254 e. The van der Waals surface area contributed by atoms with E-state index >= 15 is 0 Å². The zero-order valence-corrected chi connectivity index (χ0v) is 13.3. The number of carbonyl (C=O) groups excluding carboxylic acids is 1. The lowest BCUT2D eigenvalue weighted by Crippen LogP contribution is -2.47. The average molecular weight is 306 g/mol. The summed E-state index contributed by atoms with van der Waals surface area (Å²) >= 11 is 0. The normalized spacial score (nSPS) is 22.0. The summed E-state index contributed by atoms with van der Waals surface area (Å²) in [4.78, 5) is 19.5. The third-order valence-electron chi connectivity index (χ3n) is 5.29. The lowest BCUT2D eigenvalue weighted by Gasteiger charge is -2.43. The molecule has 1 aliphatic heterocycles. The Morgan fingerprint density at radius 3 is 2.48 bits per heavy atom. The van der Waals surface area contributed by atoms with Crippen molar-refractivity contribution in [3.8, 4) is 0 Å². The Morgan fingerprint density at radius 1 is 0.957 bits per heavy atom. The summed E-state index contributed by atoms with van der Waals surface area (Å²) in [5.74, 6) is 0.209. The standard InChI is InChI=1S/C20H22N2O/c23-20-18-9-5-4-6-16(18)14-19(15-10-12-21-13-11-15)22(20)17-7-2-1-3-8-17/h4-6,9-13,17,19H,1-3,7-8,14H2. The molecular formula is C20H22N2O. The zero-order valence-electron chi connectivity index (χ0n) is 13.3. The molecule has 3 heteroatoms. The summed E-state index contributed by atoms with van der Waals surface area (Å²) in [5.41, 5.74) is 3.27. The molecule has 1 amide bonds. The van der Waals surface area contributed by atoms with Gasteiger partial charge in [0.2, 0.25) is 0 Å². The predicted octanol–water partition coefficient (Wildman–Crippen LogP) is 4.15. The fourth-order valence-corrected chi connectivity index (χ4v) is 4.14. The summed E-state index contributed by atoms with van der Waals surface area (Å²) in [6.07, 6.45) is 10.6.